The second-order valence-electron chi connectivity index (χ2n) is 8.08. The van der Waals surface area contributed by atoms with Crippen molar-refractivity contribution in [2.45, 2.75) is 31.9 Å². The predicted molar refractivity (Wildman–Crippen MR) is 115 cm³/mol. The fourth-order valence-electron chi connectivity index (χ4n) is 3.46. The molecule has 3 rings (SSSR count). The first-order valence-corrected chi connectivity index (χ1v) is 10.6. The van der Waals surface area contributed by atoms with Gasteiger partial charge in [-0.2, -0.15) is 0 Å². The summed E-state index contributed by atoms with van der Waals surface area (Å²) in [4.78, 5) is 19.6. The van der Waals surface area contributed by atoms with E-state index < -0.39 is 46.0 Å². The van der Waals surface area contributed by atoms with Gasteiger partial charge in [-0.15, -0.1) is 0 Å². The van der Waals surface area contributed by atoms with Crippen LogP contribution in [0.4, 0.5) is 18.9 Å². The van der Waals surface area contributed by atoms with Crippen molar-refractivity contribution in [3.63, 3.8) is 0 Å². The largest absolute Gasteiger partial charge is 0.506 e. The number of nitrogens with zero attached hydrogens (tertiary/aromatic N) is 3. The lowest BCUT2D eigenvalue weighted by Gasteiger charge is -2.36. The van der Waals surface area contributed by atoms with Crippen LogP contribution < -0.4 is 4.90 Å². The summed E-state index contributed by atoms with van der Waals surface area (Å²) in [6.07, 6.45) is 2.42. The maximum atomic E-state index is 15.0. The molecule has 1 unspecified atom stereocenters. The molecule has 1 aromatic rings. The lowest BCUT2D eigenvalue weighted by atomic mass is 10.1. The third kappa shape index (κ3) is 5.60. The van der Waals surface area contributed by atoms with Gasteiger partial charge in [0.05, 0.1) is 30.9 Å². The summed E-state index contributed by atoms with van der Waals surface area (Å²) in [6, 6.07) is 0.688. The second kappa shape index (κ2) is 10.4. The minimum Gasteiger partial charge on any atom is -0.506 e. The quantitative estimate of drug-likeness (QED) is 0.214. The number of morpholine rings is 1. The van der Waals surface area contributed by atoms with Crippen molar-refractivity contribution < 1.29 is 32.5 Å². The SMILES string of the molecule is CCOC(=O)C(C=NC1CC1)=C(O)c1cc(F)c(N2CCOC(CN(C)C)C2)c(F)c1F. The van der Waals surface area contributed by atoms with Crippen LogP contribution in [0.1, 0.15) is 25.3 Å². The first kappa shape index (κ1) is 24.1. The molecule has 7 nitrogen and oxygen atoms in total. The number of hydrogen-bond donors (Lipinski definition) is 1. The third-order valence-corrected chi connectivity index (χ3v) is 5.13. The van der Waals surface area contributed by atoms with Crippen molar-refractivity contribution in [3.05, 3.63) is 34.7 Å². The second-order valence-corrected chi connectivity index (χ2v) is 8.08. The number of likely N-dealkylation sites (N-methyl/N-ethyl adjacent to an activating group) is 1. The Bertz CT molecular complexity index is 916. The Morgan fingerprint density at radius 2 is 2.06 bits per heavy atom. The molecule has 32 heavy (non-hydrogen) atoms. The Morgan fingerprint density at radius 3 is 2.69 bits per heavy atom. The third-order valence-electron chi connectivity index (χ3n) is 5.13. The van der Waals surface area contributed by atoms with Crippen molar-refractivity contribution in [1.82, 2.24) is 4.90 Å². The summed E-state index contributed by atoms with van der Waals surface area (Å²) in [5, 5.41) is 10.6. The first-order chi connectivity index (χ1) is 15.2. The standard InChI is InChI=1S/C22H28F3N3O4/c1-4-31-22(30)16(10-26-13-5-6-13)21(29)15-9-17(23)20(19(25)18(15)24)28-7-8-32-14(12-28)11-27(2)3/h9-10,13-14,29H,4-8,11-12H2,1-3H3. The molecule has 1 heterocycles. The lowest BCUT2D eigenvalue weighted by Crippen LogP contribution is -2.47. The Labute approximate surface area is 185 Å². The highest BCUT2D eigenvalue weighted by Crippen LogP contribution is 2.33. The number of esters is 1. The summed E-state index contributed by atoms with van der Waals surface area (Å²) >= 11 is 0. The van der Waals surface area contributed by atoms with Crippen LogP contribution in [-0.2, 0) is 14.3 Å². The van der Waals surface area contributed by atoms with E-state index in [9.17, 15) is 18.7 Å². The molecule has 0 amide bonds. The molecule has 1 N–H and O–H groups in total. The Hall–Kier alpha value is -2.59. The van der Waals surface area contributed by atoms with Crippen LogP contribution in [0.25, 0.3) is 5.76 Å². The Morgan fingerprint density at radius 1 is 1.34 bits per heavy atom. The Balaban J connectivity index is 1.97. The number of hydrogen-bond acceptors (Lipinski definition) is 7. The van der Waals surface area contributed by atoms with Gasteiger partial charge in [0, 0.05) is 25.8 Å². The topological polar surface area (TPSA) is 74.6 Å². The number of anilines is 1. The average molecular weight is 455 g/mol. The van der Waals surface area contributed by atoms with Gasteiger partial charge >= 0.3 is 5.97 Å². The zero-order chi connectivity index (χ0) is 23.4. The molecule has 2 fully saturated rings. The number of rotatable bonds is 8. The Kier molecular flexibility index (Phi) is 7.78. The van der Waals surface area contributed by atoms with Crippen molar-refractivity contribution in [1.29, 1.82) is 0 Å². The molecule has 176 valence electrons. The van der Waals surface area contributed by atoms with Crippen molar-refractivity contribution in [2.75, 3.05) is 51.8 Å². The fraction of sp³-hybridized carbons (Fsp3) is 0.545. The normalized spacial score (nSPS) is 20.1. The van der Waals surface area contributed by atoms with Gasteiger partial charge in [0.15, 0.2) is 11.6 Å². The summed E-state index contributed by atoms with van der Waals surface area (Å²) in [5.74, 6) is -5.85. The average Bonchev–Trinajstić information content (AvgIpc) is 3.55. The number of carbonyl (C=O) groups excluding carboxylic acids is 1. The maximum absolute atomic E-state index is 15.0. The first-order valence-electron chi connectivity index (χ1n) is 10.6. The monoisotopic (exact) mass is 455 g/mol. The van der Waals surface area contributed by atoms with Gasteiger partial charge in [-0.3, -0.25) is 4.99 Å². The molecule has 1 aliphatic carbocycles. The van der Waals surface area contributed by atoms with Gasteiger partial charge in [0.25, 0.3) is 0 Å². The zero-order valence-electron chi connectivity index (χ0n) is 18.4. The molecule has 0 aromatic heterocycles. The molecule has 0 spiro atoms. The van der Waals surface area contributed by atoms with E-state index in [1.807, 2.05) is 19.0 Å². The number of aliphatic imine (C=N–C) groups is 1. The van der Waals surface area contributed by atoms with Gasteiger partial charge in [0.2, 0.25) is 0 Å². The maximum Gasteiger partial charge on any atom is 0.343 e. The summed E-state index contributed by atoms with van der Waals surface area (Å²) in [5.41, 5.74) is -1.76. The molecule has 1 atom stereocenters. The van der Waals surface area contributed by atoms with Crippen LogP contribution in [0.15, 0.2) is 16.6 Å². The van der Waals surface area contributed by atoms with Gasteiger partial charge in [-0.1, -0.05) is 0 Å². The highest BCUT2D eigenvalue weighted by atomic mass is 19.2. The molecule has 10 heteroatoms. The fourth-order valence-corrected chi connectivity index (χ4v) is 3.46. The molecule has 1 aliphatic heterocycles. The molecule has 1 saturated heterocycles. The minimum absolute atomic E-state index is 0.00215. The number of aliphatic hydroxyl groups is 1. The number of halogens is 3. The van der Waals surface area contributed by atoms with Gasteiger partial charge in [0.1, 0.15) is 22.8 Å². The molecular weight excluding hydrogens is 427 g/mol. The minimum atomic E-state index is -1.46. The molecule has 0 radical (unpaired) electrons. The van der Waals surface area contributed by atoms with E-state index in [1.165, 1.54) is 4.90 Å². The number of benzene rings is 1. The van der Waals surface area contributed by atoms with Gasteiger partial charge in [-0.05, 0) is 39.9 Å². The van der Waals surface area contributed by atoms with E-state index >= 15 is 4.39 Å². The van der Waals surface area contributed by atoms with E-state index in [-0.39, 0.29) is 38.4 Å². The van der Waals surface area contributed by atoms with E-state index in [0.717, 1.165) is 19.1 Å². The summed E-state index contributed by atoms with van der Waals surface area (Å²) < 4.78 is 55.4. The van der Waals surface area contributed by atoms with Gasteiger partial charge < -0.3 is 24.4 Å². The van der Waals surface area contributed by atoms with Crippen LogP contribution >= 0.6 is 0 Å². The molecular formula is C22H28F3N3O4. The zero-order valence-corrected chi connectivity index (χ0v) is 18.4. The van der Waals surface area contributed by atoms with E-state index in [1.54, 1.807) is 6.92 Å². The van der Waals surface area contributed by atoms with E-state index in [4.69, 9.17) is 9.47 Å². The lowest BCUT2D eigenvalue weighted by molar-refractivity contribution is -0.137. The predicted octanol–water partition coefficient (Wildman–Crippen LogP) is 2.94. The number of aliphatic hydroxyl groups excluding tert-OH is 1. The summed E-state index contributed by atoms with van der Waals surface area (Å²) in [7, 11) is 3.70. The molecule has 1 aromatic carbocycles. The van der Waals surface area contributed by atoms with E-state index in [2.05, 4.69) is 4.99 Å². The van der Waals surface area contributed by atoms with Crippen LogP contribution in [0.3, 0.4) is 0 Å². The van der Waals surface area contributed by atoms with Crippen LogP contribution in [-0.4, -0.2) is 81.3 Å². The molecule has 0 bridgehead atoms. The van der Waals surface area contributed by atoms with Crippen LogP contribution in [0.2, 0.25) is 0 Å². The van der Waals surface area contributed by atoms with Crippen molar-refractivity contribution in [2.24, 2.45) is 4.99 Å². The number of ether oxygens (including phenoxy) is 2. The summed E-state index contributed by atoms with van der Waals surface area (Å²) in [6.45, 7) is 2.69. The van der Waals surface area contributed by atoms with E-state index in [0.29, 0.717) is 12.6 Å². The van der Waals surface area contributed by atoms with Crippen LogP contribution in [0.5, 0.6) is 0 Å². The number of carbonyl (C=O) groups is 1. The van der Waals surface area contributed by atoms with Crippen LogP contribution in [0, 0.1) is 17.5 Å². The smallest absolute Gasteiger partial charge is 0.343 e. The highest BCUT2D eigenvalue weighted by Gasteiger charge is 2.30. The van der Waals surface area contributed by atoms with Crippen molar-refractivity contribution >= 4 is 23.6 Å². The molecule has 1 saturated carbocycles. The van der Waals surface area contributed by atoms with Gasteiger partial charge in [-0.25, -0.2) is 18.0 Å². The van der Waals surface area contributed by atoms with Crippen molar-refractivity contribution in [3.8, 4) is 0 Å². The molecule has 2 aliphatic rings. The highest BCUT2D eigenvalue weighted by molar-refractivity contribution is 6.15.